The molecule has 0 bridgehead atoms. The second kappa shape index (κ2) is 5.11. The Bertz CT molecular complexity index is 442. The van der Waals surface area contributed by atoms with Crippen LogP contribution in [-0.2, 0) is 4.79 Å². The average molecular weight is 246 g/mol. The summed E-state index contributed by atoms with van der Waals surface area (Å²) in [6.45, 7) is 6.80. The molecular weight excluding hydrogens is 224 g/mol. The Balaban J connectivity index is 2.16. The first-order valence-corrected chi connectivity index (χ1v) is 6.62. The summed E-state index contributed by atoms with van der Waals surface area (Å²) in [5.41, 5.74) is 8.38. The van der Waals surface area contributed by atoms with E-state index in [2.05, 4.69) is 38.1 Å². The molecule has 0 aliphatic carbocycles. The Morgan fingerprint density at radius 3 is 2.72 bits per heavy atom. The molecule has 0 radical (unpaired) electrons. The van der Waals surface area contributed by atoms with Crippen LogP contribution in [0.15, 0.2) is 24.3 Å². The Morgan fingerprint density at radius 1 is 1.44 bits per heavy atom. The molecule has 2 unspecified atom stereocenters. The first kappa shape index (κ1) is 13.1. The Labute approximate surface area is 109 Å². The van der Waals surface area contributed by atoms with Gasteiger partial charge in [-0.1, -0.05) is 24.3 Å². The minimum absolute atomic E-state index is 0.0681. The zero-order valence-electron chi connectivity index (χ0n) is 11.4. The van der Waals surface area contributed by atoms with E-state index in [4.69, 9.17) is 5.73 Å². The number of hydrogen-bond acceptors (Lipinski definition) is 2. The van der Waals surface area contributed by atoms with Gasteiger partial charge in [-0.3, -0.25) is 4.79 Å². The second-order valence-corrected chi connectivity index (χ2v) is 5.42. The number of rotatable bonds is 2. The molecule has 2 rings (SSSR count). The lowest BCUT2D eigenvalue weighted by Gasteiger charge is -2.23. The second-order valence-electron chi connectivity index (χ2n) is 5.42. The highest BCUT2D eigenvalue weighted by Gasteiger charge is 2.34. The molecule has 98 valence electrons. The molecule has 2 N–H and O–H groups in total. The summed E-state index contributed by atoms with van der Waals surface area (Å²) in [5.74, 6) is 0.516. The minimum atomic E-state index is -0.400. The van der Waals surface area contributed by atoms with Gasteiger partial charge in [-0.05, 0) is 38.3 Å². The molecule has 3 heteroatoms. The van der Waals surface area contributed by atoms with Crippen LogP contribution in [0, 0.1) is 6.92 Å². The van der Waals surface area contributed by atoms with E-state index in [1.807, 2.05) is 4.90 Å². The smallest absolute Gasteiger partial charge is 0.239 e. The number of aryl methyl sites for hydroxylation is 1. The fourth-order valence-electron chi connectivity index (χ4n) is 2.87. The van der Waals surface area contributed by atoms with E-state index in [0.717, 1.165) is 13.0 Å². The van der Waals surface area contributed by atoms with Crippen molar-refractivity contribution in [2.24, 2.45) is 5.73 Å². The normalized spacial score (nSPS) is 25.2. The van der Waals surface area contributed by atoms with Crippen LogP contribution in [0.25, 0.3) is 0 Å². The number of amides is 1. The Hall–Kier alpha value is -1.35. The van der Waals surface area contributed by atoms with E-state index in [1.54, 1.807) is 6.92 Å². The Morgan fingerprint density at radius 2 is 2.11 bits per heavy atom. The molecule has 3 nitrogen and oxygen atoms in total. The molecule has 1 fully saturated rings. The van der Waals surface area contributed by atoms with Gasteiger partial charge in [0.15, 0.2) is 0 Å². The lowest BCUT2D eigenvalue weighted by molar-refractivity contribution is -0.132. The van der Waals surface area contributed by atoms with Crippen molar-refractivity contribution in [3.63, 3.8) is 0 Å². The third-order valence-corrected chi connectivity index (χ3v) is 3.88. The van der Waals surface area contributed by atoms with Crippen molar-refractivity contribution >= 4 is 5.91 Å². The van der Waals surface area contributed by atoms with Gasteiger partial charge in [-0.25, -0.2) is 0 Å². The van der Waals surface area contributed by atoms with Gasteiger partial charge in [-0.15, -0.1) is 0 Å². The quantitative estimate of drug-likeness (QED) is 0.868. The number of hydrogen-bond donors (Lipinski definition) is 1. The van der Waals surface area contributed by atoms with E-state index in [0.29, 0.717) is 5.92 Å². The van der Waals surface area contributed by atoms with E-state index < -0.39 is 6.04 Å². The summed E-state index contributed by atoms with van der Waals surface area (Å²) in [6, 6.07) is 8.32. The average Bonchev–Trinajstić information content (AvgIpc) is 2.70. The SMILES string of the molecule is Cc1ccccc1C1CC(C)N(C(=O)[C@H](C)N)C1. The molecular formula is C15H22N2O. The molecule has 1 aliphatic heterocycles. The van der Waals surface area contributed by atoms with Gasteiger partial charge in [0.05, 0.1) is 6.04 Å². The van der Waals surface area contributed by atoms with Gasteiger partial charge >= 0.3 is 0 Å². The highest BCUT2D eigenvalue weighted by molar-refractivity contribution is 5.81. The maximum Gasteiger partial charge on any atom is 0.239 e. The van der Waals surface area contributed by atoms with E-state index in [-0.39, 0.29) is 11.9 Å². The summed E-state index contributed by atoms with van der Waals surface area (Å²) >= 11 is 0. The van der Waals surface area contributed by atoms with Crippen LogP contribution in [0.5, 0.6) is 0 Å². The van der Waals surface area contributed by atoms with Crippen LogP contribution in [-0.4, -0.2) is 29.4 Å². The third-order valence-electron chi connectivity index (χ3n) is 3.88. The van der Waals surface area contributed by atoms with Crippen LogP contribution in [0.2, 0.25) is 0 Å². The predicted octanol–water partition coefficient (Wildman–Crippen LogP) is 2.05. The fourth-order valence-corrected chi connectivity index (χ4v) is 2.87. The number of carbonyl (C=O) groups is 1. The number of benzene rings is 1. The van der Waals surface area contributed by atoms with E-state index >= 15 is 0 Å². The topological polar surface area (TPSA) is 46.3 Å². The standard InChI is InChI=1S/C15H22N2O/c1-10-6-4-5-7-14(10)13-8-11(2)17(9-13)15(18)12(3)16/h4-7,11-13H,8-9,16H2,1-3H3/t11?,12-,13?/m0/s1. The molecule has 1 amide bonds. The summed E-state index contributed by atoms with van der Waals surface area (Å²) in [4.78, 5) is 14.0. The first-order chi connectivity index (χ1) is 8.50. The summed E-state index contributed by atoms with van der Waals surface area (Å²) in [5, 5.41) is 0. The maximum absolute atomic E-state index is 12.0. The van der Waals surface area contributed by atoms with Crippen molar-refractivity contribution in [1.82, 2.24) is 4.90 Å². The van der Waals surface area contributed by atoms with Crippen LogP contribution in [0.4, 0.5) is 0 Å². The molecule has 18 heavy (non-hydrogen) atoms. The lowest BCUT2D eigenvalue weighted by atomic mass is 9.93. The van der Waals surface area contributed by atoms with Crippen molar-refractivity contribution in [2.75, 3.05) is 6.54 Å². The van der Waals surface area contributed by atoms with Crippen LogP contribution in [0.1, 0.15) is 37.3 Å². The number of likely N-dealkylation sites (tertiary alicyclic amines) is 1. The zero-order chi connectivity index (χ0) is 13.3. The van der Waals surface area contributed by atoms with Gasteiger partial charge in [0.2, 0.25) is 5.91 Å². The van der Waals surface area contributed by atoms with Crippen molar-refractivity contribution < 1.29 is 4.79 Å². The van der Waals surface area contributed by atoms with Crippen molar-refractivity contribution in [3.05, 3.63) is 35.4 Å². The lowest BCUT2D eigenvalue weighted by Crippen LogP contribution is -2.43. The molecule has 0 aromatic heterocycles. The van der Waals surface area contributed by atoms with E-state index in [1.165, 1.54) is 11.1 Å². The van der Waals surface area contributed by atoms with Crippen LogP contribution >= 0.6 is 0 Å². The highest BCUT2D eigenvalue weighted by atomic mass is 16.2. The van der Waals surface area contributed by atoms with Gasteiger partial charge in [0.25, 0.3) is 0 Å². The zero-order valence-corrected chi connectivity index (χ0v) is 11.4. The largest absolute Gasteiger partial charge is 0.338 e. The predicted molar refractivity (Wildman–Crippen MR) is 73.4 cm³/mol. The van der Waals surface area contributed by atoms with Crippen molar-refractivity contribution in [3.8, 4) is 0 Å². The fraction of sp³-hybridized carbons (Fsp3) is 0.533. The molecule has 0 spiro atoms. The van der Waals surface area contributed by atoms with Gasteiger partial charge in [-0.2, -0.15) is 0 Å². The highest BCUT2D eigenvalue weighted by Crippen LogP contribution is 2.33. The Kier molecular flexibility index (Phi) is 3.71. The monoisotopic (exact) mass is 246 g/mol. The molecule has 1 aliphatic rings. The van der Waals surface area contributed by atoms with Gasteiger partial charge in [0.1, 0.15) is 0 Å². The number of nitrogens with zero attached hydrogens (tertiary/aromatic N) is 1. The molecule has 1 heterocycles. The number of nitrogens with two attached hydrogens (primary N) is 1. The summed E-state index contributed by atoms with van der Waals surface area (Å²) in [7, 11) is 0. The molecule has 0 saturated carbocycles. The third kappa shape index (κ3) is 2.41. The molecule has 1 aromatic rings. The minimum Gasteiger partial charge on any atom is -0.338 e. The number of carbonyl (C=O) groups excluding carboxylic acids is 1. The van der Waals surface area contributed by atoms with E-state index in [9.17, 15) is 4.79 Å². The molecule has 1 saturated heterocycles. The summed E-state index contributed by atoms with van der Waals surface area (Å²) < 4.78 is 0. The van der Waals surface area contributed by atoms with Crippen molar-refractivity contribution in [2.45, 2.75) is 45.2 Å². The van der Waals surface area contributed by atoms with Crippen molar-refractivity contribution in [1.29, 1.82) is 0 Å². The molecule has 1 aromatic carbocycles. The maximum atomic E-state index is 12.0. The summed E-state index contributed by atoms with van der Waals surface area (Å²) in [6.07, 6.45) is 1.03. The van der Waals surface area contributed by atoms with Gasteiger partial charge in [0, 0.05) is 18.5 Å². The van der Waals surface area contributed by atoms with Crippen LogP contribution < -0.4 is 5.73 Å². The van der Waals surface area contributed by atoms with Gasteiger partial charge < -0.3 is 10.6 Å². The van der Waals surface area contributed by atoms with Crippen LogP contribution in [0.3, 0.4) is 0 Å². The molecule has 3 atom stereocenters. The first-order valence-electron chi connectivity index (χ1n) is 6.62.